The quantitative estimate of drug-likeness (QED) is 0.708. The number of hydrogen-bond acceptors (Lipinski definition) is 4. The van der Waals surface area contributed by atoms with E-state index in [1.165, 1.54) is 24.2 Å². The van der Waals surface area contributed by atoms with Gasteiger partial charge in [-0.05, 0) is 30.9 Å². The predicted octanol–water partition coefficient (Wildman–Crippen LogP) is 1.15. The van der Waals surface area contributed by atoms with Crippen LogP contribution in [0.25, 0.3) is 10.8 Å². The Hall–Kier alpha value is -2.02. The maximum Gasteiger partial charge on any atom is 0.274 e. The van der Waals surface area contributed by atoms with Gasteiger partial charge in [0.25, 0.3) is 11.8 Å². The minimum atomic E-state index is 0.247. The number of nitrogens with one attached hydrogen (secondary N) is 2. The Balaban J connectivity index is 1.35. The molecule has 0 unspecified atom stereocenters. The Labute approximate surface area is 158 Å². The van der Waals surface area contributed by atoms with E-state index in [1.807, 2.05) is 17.5 Å². The summed E-state index contributed by atoms with van der Waals surface area (Å²) in [5.74, 6) is 1.40. The van der Waals surface area contributed by atoms with Crippen LogP contribution in [0, 0.1) is 6.92 Å². The van der Waals surface area contributed by atoms with Crippen molar-refractivity contribution >= 4 is 11.3 Å². The number of rotatable bonds is 5. The molecule has 0 bridgehead atoms. The molecule has 1 aromatic carbocycles. The molecule has 0 aliphatic carbocycles. The number of thiophene rings is 1. The normalized spacial score (nSPS) is 21.6. The highest BCUT2D eigenvalue weighted by Crippen LogP contribution is 2.24. The minimum absolute atomic E-state index is 0.247. The second-order valence-corrected chi connectivity index (χ2v) is 8.10. The van der Waals surface area contributed by atoms with E-state index < -0.39 is 0 Å². The molecule has 1 saturated heterocycles. The van der Waals surface area contributed by atoms with Crippen LogP contribution < -0.4 is 9.80 Å². The fourth-order valence-corrected chi connectivity index (χ4v) is 4.34. The maximum atomic E-state index is 5.94. The Bertz CT molecular complexity index is 837. The summed E-state index contributed by atoms with van der Waals surface area (Å²) in [5, 5.41) is 10.6. The highest BCUT2D eigenvalue weighted by Gasteiger charge is 2.31. The maximum absolute atomic E-state index is 5.94. The van der Waals surface area contributed by atoms with Crippen molar-refractivity contribution < 1.29 is 14.2 Å². The first-order valence-corrected chi connectivity index (χ1v) is 10.2. The average molecular weight is 371 g/mol. The lowest BCUT2D eigenvalue weighted by Gasteiger charge is -2.32. The first-order valence-electron chi connectivity index (χ1n) is 9.30. The number of aromatic nitrogens is 2. The molecule has 2 aromatic heterocycles. The van der Waals surface area contributed by atoms with E-state index in [-0.39, 0.29) is 6.04 Å². The number of benzene rings is 1. The Kier molecular flexibility index (Phi) is 5.15. The third-order valence-corrected chi connectivity index (χ3v) is 6.31. The molecule has 26 heavy (non-hydrogen) atoms. The van der Waals surface area contributed by atoms with Gasteiger partial charge in [-0.1, -0.05) is 30.3 Å². The molecule has 0 radical (unpaired) electrons. The first kappa shape index (κ1) is 17.4. The molecule has 1 fully saturated rings. The van der Waals surface area contributed by atoms with Crippen molar-refractivity contribution in [1.29, 1.82) is 0 Å². The topological polar surface area (TPSA) is 47.8 Å². The lowest BCUT2D eigenvalue weighted by Crippen LogP contribution is -3.27. The second kappa shape index (κ2) is 7.70. The fourth-order valence-electron chi connectivity index (χ4n) is 3.70. The number of piperazine rings is 1. The molecule has 0 amide bonds. The Morgan fingerprint density at radius 2 is 1.88 bits per heavy atom. The first-order chi connectivity index (χ1) is 12.7. The van der Waals surface area contributed by atoms with Crippen LogP contribution in [-0.2, 0) is 6.54 Å². The molecular formula is C20H26N4OS+2. The molecule has 3 aromatic rings. The Morgan fingerprint density at radius 1 is 1.08 bits per heavy atom. The summed E-state index contributed by atoms with van der Waals surface area (Å²) < 4.78 is 5.94. The molecule has 0 spiro atoms. The van der Waals surface area contributed by atoms with Crippen LogP contribution in [0.3, 0.4) is 0 Å². The molecule has 5 nitrogen and oxygen atoms in total. The van der Waals surface area contributed by atoms with Crippen LogP contribution >= 0.6 is 11.3 Å². The SMILES string of the molecule is Cc1ccccc1C[NH+]1CC[NH+]([C@H](C)c2nnc(-c3cccs3)o2)CC1. The van der Waals surface area contributed by atoms with Crippen molar-refractivity contribution in [3.8, 4) is 10.8 Å². The van der Waals surface area contributed by atoms with Gasteiger partial charge in [-0.3, -0.25) is 0 Å². The van der Waals surface area contributed by atoms with Gasteiger partial charge in [0.15, 0.2) is 6.04 Å². The zero-order valence-corrected chi connectivity index (χ0v) is 16.2. The Morgan fingerprint density at radius 3 is 2.62 bits per heavy atom. The van der Waals surface area contributed by atoms with Crippen molar-refractivity contribution in [2.24, 2.45) is 0 Å². The van der Waals surface area contributed by atoms with Crippen molar-refractivity contribution in [2.45, 2.75) is 26.4 Å². The average Bonchev–Trinajstić information content (AvgIpc) is 3.35. The summed E-state index contributed by atoms with van der Waals surface area (Å²) in [4.78, 5) is 4.25. The van der Waals surface area contributed by atoms with Crippen molar-refractivity contribution in [3.63, 3.8) is 0 Å². The molecule has 1 aliphatic rings. The standard InChI is InChI=1S/C20H24N4OS/c1-15-6-3-4-7-17(15)14-23-9-11-24(12-10-23)16(2)19-21-22-20(25-19)18-8-5-13-26-18/h3-8,13,16H,9-12,14H2,1-2H3/p+2/t16-/m1/s1. The van der Waals surface area contributed by atoms with E-state index in [2.05, 4.69) is 48.3 Å². The van der Waals surface area contributed by atoms with Crippen LogP contribution in [-0.4, -0.2) is 36.4 Å². The molecule has 3 heterocycles. The number of hydrogen-bond donors (Lipinski definition) is 2. The van der Waals surface area contributed by atoms with Crippen LogP contribution in [0.5, 0.6) is 0 Å². The summed E-state index contributed by atoms with van der Waals surface area (Å²) in [6, 6.07) is 13.0. The molecule has 136 valence electrons. The third kappa shape index (κ3) is 3.72. The van der Waals surface area contributed by atoms with E-state index in [0.29, 0.717) is 5.89 Å². The molecule has 1 aliphatic heterocycles. The largest absolute Gasteiger partial charge is 0.414 e. The zero-order chi connectivity index (χ0) is 17.9. The summed E-state index contributed by atoms with van der Waals surface area (Å²) in [5.41, 5.74) is 2.87. The minimum Gasteiger partial charge on any atom is -0.414 e. The summed E-state index contributed by atoms with van der Waals surface area (Å²) in [6.45, 7) is 10.2. The van der Waals surface area contributed by atoms with Gasteiger partial charge < -0.3 is 14.2 Å². The van der Waals surface area contributed by atoms with E-state index in [4.69, 9.17) is 4.42 Å². The molecule has 0 saturated carbocycles. The van der Waals surface area contributed by atoms with Crippen molar-refractivity contribution in [2.75, 3.05) is 26.2 Å². The monoisotopic (exact) mass is 370 g/mol. The van der Waals surface area contributed by atoms with Crippen LogP contribution in [0.1, 0.15) is 30.0 Å². The van der Waals surface area contributed by atoms with E-state index >= 15 is 0 Å². The summed E-state index contributed by atoms with van der Waals surface area (Å²) in [7, 11) is 0. The van der Waals surface area contributed by atoms with Gasteiger partial charge in [-0.25, -0.2) is 0 Å². The summed E-state index contributed by atoms with van der Waals surface area (Å²) in [6.07, 6.45) is 0. The lowest BCUT2D eigenvalue weighted by atomic mass is 10.1. The molecule has 2 N–H and O–H groups in total. The van der Waals surface area contributed by atoms with Crippen molar-refractivity contribution in [3.05, 3.63) is 58.8 Å². The van der Waals surface area contributed by atoms with Gasteiger partial charge in [-0.2, -0.15) is 0 Å². The number of quaternary nitrogens is 2. The van der Waals surface area contributed by atoms with Gasteiger partial charge in [0, 0.05) is 5.56 Å². The fraction of sp³-hybridized carbons (Fsp3) is 0.400. The lowest BCUT2D eigenvalue weighted by molar-refractivity contribution is -1.03. The highest BCUT2D eigenvalue weighted by atomic mass is 32.1. The zero-order valence-electron chi connectivity index (χ0n) is 15.4. The van der Waals surface area contributed by atoms with Gasteiger partial charge in [0.1, 0.15) is 32.7 Å². The molecular weight excluding hydrogens is 344 g/mol. The van der Waals surface area contributed by atoms with Gasteiger partial charge >= 0.3 is 0 Å². The number of nitrogens with zero attached hydrogens (tertiary/aromatic N) is 2. The highest BCUT2D eigenvalue weighted by molar-refractivity contribution is 7.13. The van der Waals surface area contributed by atoms with E-state index in [1.54, 1.807) is 21.1 Å². The van der Waals surface area contributed by atoms with Crippen LogP contribution in [0.4, 0.5) is 0 Å². The van der Waals surface area contributed by atoms with Crippen LogP contribution in [0.15, 0.2) is 46.2 Å². The van der Waals surface area contributed by atoms with Crippen molar-refractivity contribution in [1.82, 2.24) is 10.2 Å². The van der Waals surface area contributed by atoms with E-state index in [0.717, 1.165) is 30.4 Å². The van der Waals surface area contributed by atoms with E-state index in [9.17, 15) is 0 Å². The predicted molar refractivity (Wildman–Crippen MR) is 102 cm³/mol. The van der Waals surface area contributed by atoms with Gasteiger partial charge in [0.2, 0.25) is 0 Å². The van der Waals surface area contributed by atoms with Gasteiger partial charge in [-0.15, -0.1) is 21.5 Å². The second-order valence-electron chi connectivity index (χ2n) is 7.16. The molecule has 1 atom stereocenters. The molecule has 6 heteroatoms. The number of aryl methyl sites for hydroxylation is 1. The third-order valence-electron chi connectivity index (χ3n) is 5.46. The van der Waals surface area contributed by atoms with Crippen LogP contribution in [0.2, 0.25) is 0 Å². The summed E-state index contributed by atoms with van der Waals surface area (Å²) >= 11 is 1.63. The smallest absolute Gasteiger partial charge is 0.274 e. The van der Waals surface area contributed by atoms with Gasteiger partial charge in [0.05, 0.1) is 4.88 Å². The molecule has 4 rings (SSSR count).